The summed E-state index contributed by atoms with van der Waals surface area (Å²) < 4.78 is 5.84. The molecule has 1 N–H and O–H groups in total. The molecule has 5 nitrogen and oxygen atoms in total. The van der Waals surface area contributed by atoms with Gasteiger partial charge in [0.05, 0.1) is 12.5 Å². The van der Waals surface area contributed by atoms with Crippen LogP contribution in [0.3, 0.4) is 0 Å². The zero-order valence-electron chi connectivity index (χ0n) is 16.3. The van der Waals surface area contributed by atoms with E-state index in [0.29, 0.717) is 18.0 Å². The molecular formula is C21H33N3O2. The summed E-state index contributed by atoms with van der Waals surface area (Å²) in [5.41, 5.74) is 1.25. The first-order valence-electron chi connectivity index (χ1n) is 10.4. The van der Waals surface area contributed by atoms with E-state index in [1.807, 2.05) is 6.92 Å². The number of aryl methyl sites for hydroxylation is 2. The van der Waals surface area contributed by atoms with Crippen LogP contribution in [0.15, 0.2) is 10.5 Å². The van der Waals surface area contributed by atoms with E-state index in [4.69, 9.17) is 4.42 Å². The maximum atomic E-state index is 12.4. The fourth-order valence-corrected chi connectivity index (χ4v) is 4.49. The molecule has 3 aliphatic rings. The van der Waals surface area contributed by atoms with Crippen molar-refractivity contribution in [3.63, 3.8) is 0 Å². The Morgan fingerprint density at radius 1 is 1.15 bits per heavy atom. The van der Waals surface area contributed by atoms with E-state index in [2.05, 4.69) is 28.1 Å². The van der Waals surface area contributed by atoms with Gasteiger partial charge in [0, 0.05) is 31.7 Å². The summed E-state index contributed by atoms with van der Waals surface area (Å²) in [4.78, 5) is 17.5. The lowest BCUT2D eigenvalue weighted by Gasteiger charge is -2.41. The number of amides is 1. The van der Waals surface area contributed by atoms with Gasteiger partial charge < -0.3 is 9.73 Å². The zero-order valence-corrected chi connectivity index (χ0v) is 16.3. The Morgan fingerprint density at radius 2 is 1.92 bits per heavy atom. The van der Waals surface area contributed by atoms with Crippen LogP contribution >= 0.6 is 0 Å². The van der Waals surface area contributed by atoms with Gasteiger partial charge in [0.15, 0.2) is 0 Å². The molecule has 5 heteroatoms. The summed E-state index contributed by atoms with van der Waals surface area (Å²) in [5, 5.41) is 3.20. The van der Waals surface area contributed by atoms with Crippen LogP contribution in [0.25, 0.3) is 0 Å². The number of rotatable bonds is 5. The van der Waals surface area contributed by atoms with Crippen molar-refractivity contribution in [2.24, 2.45) is 5.92 Å². The Labute approximate surface area is 157 Å². The first kappa shape index (κ1) is 18.1. The van der Waals surface area contributed by atoms with Crippen LogP contribution < -0.4 is 5.32 Å². The van der Waals surface area contributed by atoms with E-state index >= 15 is 0 Å². The minimum atomic E-state index is 0.205. The lowest BCUT2D eigenvalue weighted by molar-refractivity contribution is -0.127. The Morgan fingerprint density at radius 3 is 2.58 bits per heavy atom. The van der Waals surface area contributed by atoms with Crippen LogP contribution in [0.5, 0.6) is 0 Å². The van der Waals surface area contributed by atoms with E-state index in [-0.39, 0.29) is 5.92 Å². The van der Waals surface area contributed by atoms with Crippen LogP contribution in [-0.2, 0) is 11.3 Å². The Bertz CT molecular complexity index is 610. The van der Waals surface area contributed by atoms with Gasteiger partial charge >= 0.3 is 0 Å². The average Bonchev–Trinajstić information content (AvgIpc) is 3.40. The summed E-state index contributed by atoms with van der Waals surface area (Å²) in [7, 11) is 0. The lowest BCUT2D eigenvalue weighted by atomic mass is 9.93. The first-order valence-corrected chi connectivity index (χ1v) is 10.4. The highest BCUT2D eigenvalue weighted by Gasteiger charge is 2.33. The van der Waals surface area contributed by atoms with Gasteiger partial charge in [-0.15, -0.1) is 0 Å². The van der Waals surface area contributed by atoms with Gasteiger partial charge in [-0.2, -0.15) is 0 Å². The molecule has 2 aliphatic heterocycles. The third-order valence-corrected chi connectivity index (χ3v) is 6.42. The van der Waals surface area contributed by atoms with Gasteiger partial charge in [-0.05, 0) is 70.5 Å². The second-order valence-corrected chi connectivity index (χ2v) is 8.58. The molecule has 4 rings (SSSR count). The molecule has 1 saturated carbocycles. The summed E-state index contributed by atoms with van der Waals surface area (Å²) in [6.07, 6.45) is 6.98. The molecule has 0 unspecified atom stereocenters. The van der Waals surface area contributed by atoms with E-state index in [0.717, 1.165) is 57.1 Å². The molecule has 3 fully saturated rings. The number of carbonyl (C=O) groups is 1. The summed E-state index contributed by atoms with van der Waals surface area (Å²) in [6.45, 7) is 9.44. The van der Waals surface area contributed by atoms with E-state index in [1.54, 1.807) is 0 Å². The van der Waals surface area contributed by atoms with E-state index in [9.17, 15) is 4.79 Å². The lowest BCUT2D eigenvalue weighted by Crippen LogP contribution is -2.50. The molecule has 144 valence electrons. The van der Waals surface area contributed by atoms with Crippen molar-refractivity contribution in [2.75, 3.05) is 26.2 Å². The van der Waals surface area contributed by atoms with E-state index < -0.39 is 0 Å². The molecule has 1 amide bonds. The number of carbonyl (C=O) groups excluding carboxylic acids is 1. The first-order chi connectivity index (χ1) is 12.6. The van der Waals surface area contributed by atoms with Crippen molar-refractivity contribution in [1.29, 1.82) is 0 Å². The third-order valence-electron chi connectivity index (χ3n) is 6.42. The number of nitrogens with one attached hydrogen (secondary N) is 1. The van der Waals surface area contributed by atoms with Crippen molar-refractivity contribution < 1.29 is 9.21 Å². The SMILES string of the molecule is Cc1cc(CN2CCC(N3CCC[C@@H](C(=O)NC4CC4)C3)CC2)oc1C. The van der Waals surface area contributed by atoms with Crippen molar-refractivity contribution in [2.45, 2.75) is 71.0 Å². The predicted molar refractivity (Wildman–Crippen MR) is 102 cm³/mol. The minimum Gasteiger partial charge on any atom is -0.465 e. The molecule has 0 spiro atoms. The Kier molecular flexibility index (Phi) is 5.37. The fourth-order valence-electron chi connectivity index (χ4n) is 4.49. The van der Waals surface area contributed by atoms with Crippen LogP contribution in [0, 0.1) is 19.8 Å². The number of likely N-dealkylation sites (tertiary alicyclic amines) is 2. The highest BCUT2D eigenvalue weighted by atomic mass is 16.3. The average molecular weight is 360 g/mol. The largest absolute Gasteiger partial charge is 0.465 e. The number of nitrogens with zero attached hydrogens (tertiary/aromatic N) is 2. The summed E-state index contributed by atoms with van der Waals surface area (Å²) >= 11 is 0. The van der Waals surface area contributed by atoms with Gasteiger partial charge in [0.2, 0.25) is 5.91 Å². The van der Waals surface area contributed by atoms with Crippen molar-refractivity contribution in [3.05, 3.63) is 23.2 Å². The van der Waals surface area contributed by atoms with Crippen LogP contribution in [-0.4, -0.2) is 54.0 Å². The smallest absolute Gasteiger partial charge is 0.224 e. The van der Waals surface area contributed by atoms with Crippen LogP contribution in [0.2, 0.25) is 0 Å². The minimum absolute atomic E-state index is 0.205. The second kappa shape index (κ2) is 7.73. The fraction of sp³-hybridized carbons (Fsp3) is 0.762. The van der Waals surface area contributed by atoms with Gasteiger partial charge in [-0.3, -0.25) is 14.6 Å². The molecule has 0 bridgehead atoms. The Hall–Kier alpha value is -1.33. The standard InChI is InChI=1S/C21H33N3O2/c1-15-12-20(26-16(15)2)14-23-10-7-19(8-11-23)24-9-3-4-17(13-24)21(25)22-18-5-6-18/h12,17-19H,3-11,13-14H2,1-2H3,(H,22,25)/t17-/m1/s1. The molecule has 1 atom stereocenters. The monoisotopic (exact) mass is 359 g/mol. The molecule has 3 heterocycles. The third kappa shape index (κ3) is 4.32. The molecule has 1 aromatic rings. The van der Waals surface area contributed by atoms with Gasteiger partial charge in [0.25, 0.3) is 0 Å². The highest BCUT2D eigenvalue weighted by molar-refractivity contribution is 5.79. The topological polar surface area (TPSA) is 48.7 Å². The normalized spacial score (nSPS) is 26.2. The molecule has 2 saturated heterocycles. The van der Waals surface area contributed by atoms with Gasteiger partial charge in [-0.1, -0.05) is 0 Å². The van der Waals surface area contributed by atoms with Crippen molar-refractivity contribution >= 4 is 5.91 Å². The second-order valence-electron chi connectivity index (χ2n) is 8.58. The molecule has 0 radical (unpaired) electrons. The zero-order chi connectivity index (χ0) is 18.1. The highest BCUT2D eigenvalue weighted by Crippen LogP contribution is 2.26. The predicted octanol–water partition coefficient (Wildman–Crippen LogP) is 2.85. The number of hydrogen-bond donors (Lipinski definition) is 1. The quantitative estimate of drug-likeness (QED) is 0.878. The Balaban J connectivity index is 1.25. The van der Waals surface area contributed by atoms with Crippen molar-refractivity contribution in [3.8, 4) is 0 Å². The molecule has 26 heavy (non-hydrogen) atoms. The number of piperidine rings is 2. The molecule has 1 aromatic heterocycles. The van der Waals surface area contributed by atoms with Gasteiger partial charge in [0.1, 0.15) is 11.5 Å². The number of furan rings is 1. The molecular weight excluding hydrogens is 326 g/mol. The van der Waals surface area contributed by atoms with E-state index in [1.165, 1.54) is 31.2 Å². The maximum absolute atomic E-state index is 12.4. The number of hydrogen-bond acceptors (Lipinski definition) is 4. The van der Waals surface area contributed by atoms with Crippen LogP contribution in [0.1, 0.15) is 55.6 Å². The van der Waals surface area contributed by atoms with Crippen LogP contribution in [0.4, 0.5) is 0 Å². The molecule has 1 aliphatic carbocycles. The molecule has 0 aromatic carbocycles. The summed E-state index contributed by atoms with van der Waals surface area (Å²) in [6, 6.07) is 3.30. The van der Waals surface area contributed by atoms with Crippen molar-refractivity contribution in [1.82, 2.24) is 15.1 Å². The van der Waals surface area contributed by atoms with Gasteiger partial charge in [-0.25, -0.2) is 0 Å². The summed E-state index contributed by atoms with van der Waals surface area (Å²) in [5.74, 6) is 2.64. The maximum Gasteiger partial charge on any atom is 0.224 e.